The van der Waals surface area contributed by atoms with E-state index in [1.165, 1.54) is 35.6 Å². The standard InChI is InChI=1S/C22H19FN2O3S/c1-12-19-17(13-4-3-5-16(10-13)28-2)11-18(26)25-22(19)29-20(12)21(27)24-15-8-6-14(23)7-9-15/h3-10,17H,11H2,1-2H3,(H,24,27)(H,25,26)/t17-/m0/s1. The molecule has 0 spiro atoms. The number of fused-ring (bicyclic) bond motifs is 1. The molecule has 4 rings (SSSR count). The molecule has 2 heterocycles. The minimum absolute atomic E-state index is 0.0861. The number of hydrogen-bond donors (Lipinski definition) is 2. The van der Waals surface area contributed by atoms with Crippen LogP contribution in [0.25, 0.3) is 0 Å². The lowest BCUT2D eigenvalue weighted by molar-refractivity contribution is -0.116. The summed E-state index contributed by atoms with van der Waals surface area (Å²) in [6.45, 7) is 1.89. The number of hydrogen-bond acceptors (Lipinski definition) is 4. The molecule has 148 valence electrons. The highest BCUT2D eigenvalue weighted by atomic mass is 32.1. The number of halogens is 1. The number of thiophene rings is 1. The van der Waals surface area contributed by atoms with Crippen LogP contribution in [0.1, 0.15) is 38.7 Å². The molecule has 2 amide bonds. The number of carbonyl (C=O) groups is 2. The number of carbonyl (C=O) groups excluding carboxylic acids is 2. The monoisotopic (exact) mass is 410 g/mol. The average molecular weight is 410 g/mol. The average Bonchev–Trinajstić information content (AvgIpc) is 3.05. The van der Waals surface area contributed by atoms with Crippen LogP contribution in [0.4, 0.5) is 15.1 Å². The van der Waals surface area contributed by atoms with Crippen LogP contribution in [0.15, 0.2) is 48.5 Å². The van der Waals surface area contributed by atoms with Crippen molar-refractivity contribution < 1.29 is 18.7 Å². The van der Waals surface area contributed by atoms with Gasteiger partial charge < -0.3 is 15.4 Å². The molecular formula is C22H19FN2O3S. The van der Waals surface area contributed by atoms with E-state index in [1.807, 2.05) is 31.2 Å². The molecule has 1 atom stereocenters. The van der Waals surface area contributed by atoms with Crippen LogP contribution in [0, 0.1) is 12.7 Å². The molecule has 0 saturated carbocycles. The molecule has 1 aliphatic rings. The Balaban J connectivity index is 1.70. The lowest BCUT2D eigenvalue weighted by Gasteiger charge is -2.24. The van der Waals surface area contributed by atoms with Crippen molar-refractivity contribution in [2.75, 3.05) is 17.7 Å². The fourth-order valence-corrected chi connectivity index (χ4v) is 4.77. The predicted molar refractivity (Wildman–Crippen MR) is 111 cm³/mol. The first-order valence-electron chi connectivity index (χ1n) is 9.10. The van der Waals surface area contributed by atoms with Gasteiger partial charge in [-0.15, -0.1) is 11.3 Å². The predicted octanol–water partition coefficient (Wildman–Crippen LogP) is 4.93. The van der Waals surface area contributed by atoms with Crippen LogP contribution in [0.3, 0.4) is 0 Å². The number of methoxy groups -OCH3 is 1. The zero-order valence-electron chi connectivity index (χ0n) is 15.9. The number of nitrogens with one attached hydrogen (secondary N) is 2. The van der Waals surface area contributed by atoms with Crippen LogP contribution < -0.4 is 15.4 Å². The molecule has 29 heavy (non-hydrogen) atoms. The number of amides is 2. The van der Waals surface area contributed by atoms with Gasteiger partial charge in [0.1, 0.15) is 11.6 Å². The van der Waals surface area contributed by atoms with E-state index in [1.54, 1.807) is 7.11 Å². The van der Waals surface area contributed by atoms with Crippen molar-refractivity contribution >= 4 is 33.8 Å². The molecule has 3 aromatic rings. The molecule has 0 radical (unpaired) electrons. The molecule has 1 aliphatic heterocycles. The SMILES string of the molecule is COc1cccc([C@@H]2CC(=O)Nc3sc(C(=O)Nc4ccc(F)cc4)c(C)c32)c1. The Labute approximate surface area is 171 Å². The number of anilines is 2. The Morgan fingerprint density at radius 2 is 2.00 bits per heavy atom. The minimum Gasteiger partial charge on any atom is -0.497 e. The summed E-state index contributed by atoms with van der Waals surface area (Å²) < 4.78 is 18.4. The quantitative estimate of drug-likeness (QED) is 0.641. The van der Waals surface area contributed by atoms with Crippen LogP contribution in [0.2, 0.25) is 0 Å². The van der Waals surface area contributed by atoms with E-state index in [9.17, 15) is 14.0 Å². The lowest BCUT2D eigenvalue weighted by Crippen LogP contribution is -2.22. The number of benzene rings is 2. The van der Waals surface area contributed by atoms with Gasteiger partial charge in [0.05, 0.1) is 17.0 Å². The summed E-state index contributed by atoms with van der Waals surface area (Å²) in [6.07, 6.45) is 0.302. The van der Waals surface area contributed by atoms with Gasteiger partial charge in [-0.05, 0) is 60.0 Å². The van der Waals surface area contributed by atoms with Gasteiger partial charge in [-0.1, -0.05) is 12.1 Å². The maximum atomic E-state index is 13.1. The largest absolute Gasteiger partial charge is 0.497 e. The molecule has 0 fully saturated rings. The fourth-order valence-electron chi connectivity index (χ4n) is 3.58. The second-order valence-electron chi connectivity index (χ2n) is 6.84. The molecule has 0 saturated heterocycles. The molecule has 2 N–H and O–H groups in total. The van der Waals surface area contributed by atoms with Crippen molar-refractivity contribution in [3.05, 3.63) is 75.9 Å². The molecule has 0 unspecified atom stereocenters. The summed E-state index contributed by atoms with van der Waals surface area (Å²) in [5, 5.41) is 6.38. The molecule has 0 bridgehead atoms. The molecule has 1 aromatic heterocycles. The number of ether oxygens (including phenoxy) is 1. The highest BCUT2D eigenvalue weighted by Crippen LogP contribution is 2.45. The maximum Gasteiger partial charge on any atom is 0.266 e. The Morgan fingerprint density at radius 1 is 1.24 bits per heavy atom. The van der Waals surface area contributed by atoms with Crippen molar-refractivity contribution in [2.24, 2.45) is 0 Å². The van der Waals surface area contributed by atoms with E-state index in [0.29, 0.717) is 22.0 Å². The molecule has 0 aliphatic carbocycles. The van der Waals surface area contributed by atoms with Gasteiger partial charge in [0.15, 0.2) is 0 Å². The van der Waals surface area contributed by atoms with Gasteiger partial charge in [-0.3, -0.25) is 9.59 Å². The lowest BCUT2D eigenvalue weighted by atomic mass is 9.85. The smallest absolute Gasteiger partial charge is 0.266 e. The van der Waals surface area contributed by atoms with Crippen LogP contribution >= 0.6 is 11.3 Å². The zero-order chi connectivity index (χ0) is 20.5. The van der Waals surface area contributed by atoms with E-state index in [-0.39, 0.29) is 23.5 Å². The molecule has 2 aromatic carbocycles. The third kappa shape index (κ3) is 3.73. The van der Waals surface area contributed by atoms with Crippen molar-refractivity contribution in [3.8, 4) is 5.75 Å². The zero-order valence-corrected chi connectivity index (χ0v) is 16.7. The highest BCUT2D eigenvalue weighted by molar-refractivity contribution is 7.18. The van der Waals surface area contributed by atoms with E-state index in [4.69, 9.17) is 4.74 Å². The first-order valence-corrected chi connectivity index (χ1v) is 9.92. The first-order chi connectivity index (χ1) is 14.0. The van der Waals surface area contributed by atoms with Crippen molar-refractivity contribution in [1.82, 2.24) is 0 Å². The Kier molecular flexibility index (Phi) is 5.07. The third-order valence-electron chi connectivity index (χ3n) is 4.99. The van der Waals surface area contributed by atoms with Gasteiger partial charge in [-0.25, -0.2) is 4.39 Å². The minimum atomic E-state index is -0.366. The fraction of sp³-hybridized carbons (Fsp3) is 0.182. The van der Waals surface area contributed by atoms with Gasteiger partial charge in [0.2, 0.25) is 5.91 Å². The summed E-state index contributed by atoms with van der Waals surface area (Å²) in [4.78, 5) is 25.7. The Bertz CT molecular complexity index is 1090. The van der Waals surface area contributed by atoms with E-state index in [0.717, 1.165) is 22.4 Å². The summed E-state index contributed by atoms with van der Waals surface area (Å²) in [5.74, 6) is -0.173. The highest BCUT2D eigenvalue weighted by Gasteiger charge is 2.33. The molecule has 5 nitrogen and oxygen atoms in total. The van der Waals surface area contributed by atoms with Gasteiger partial charge in [-0.2, -0.15) is 0 Å². The Morgan fingerprint density at radius 3 is 2.72 bits per heavy atom. The van der Waals surface area contributed by atoms with Crippen LogP contribution in [0.5, 0.6) is 5.75 Å². The summed E-state index contributed by atoms with van der Waals surface area (Å²) in [6, 6.07) is 13.2. The topological polar surface area (TPSA) is 67.4 Å². The third-order valence-corrected chi connectivity index (χ3v) is 6.21. The van der Waals surface area contributed by atoms with Gasteiger partial charge in [0, 0.05) is 18.0 Å². The van der Waals surface area contributed by atoms with Crippen molar-refractivity contribution in [3.63, 3.8) is 0 Å². The second kappa shape index (κ2) is 7.67. The van der Waals surface area contributed by atoms with Crippen molar-refractivity contribution in [1.29, 1.82) is 0 Å². The summed E-state index contributed by atoms with van der Waals surface area (Å²) in [7, 11) is 1.60. The summed E-state index contributed by atoms with van der Waals surface area (Å²) >= 11 is 1.26. The molecular weight excluding hydrogens is 391 g/mol. The van der Waals surface area contributed by atoms with Crippen LogP contribution in [-0.2, 0) is 4.79 Å². The van der Waals surface area contributed by atoms with Crippen LogP contribution in [-0.4, -0.2) is 18.9 Å². The van der Waals surface area contributed by atoms with Gasteiger partial charge in [0.25, 0.3) is 5.91 Å². The van der Waals surface area contributed by atoms with E-state index in [2.05, 4.69) is 10.6 Å². The first kappa shape index (κ1) is 19.1. The van der Waals surface area contributed by atoms with E-state index < -0.39 is 0 Å². The van der Waals surface area contributed by atoms with Gasteiger partial charge >= 0.3 is 0 Å². The molecule has 7 heteroatoms. The summed E-state index contributed by atoms with van der Waals surface area (Å²) in [5.41, 5.74) is 3.26. The van der Waals surface area contributed by atoms with Crippen molar-refractivity contribution in [2.45, 2.75) is 19.3 Å². The van der Waals surface area contributed by atoms with E-state index >= 15 is 0 Å². The second-order valence-corrected chi connectivity index (χ2v) is 7.86. The number of rotatable bonds is 4. The normalized spacial score (nSPS) is 15.4. The Hall–Kier alpha value is -3.19. The maximum absolute atomic E-state index is 13.1.